The normalized spacial score (nSPS) is 18.1. The van der Waals surface area contributed by atoms with Crippen LogP contribution in [0.15, 0.2) is 36.5 Å². The summed E-state index contributed by atoms with van der Waals surface area (Å²) in [4.78, 5) is 25.3. The molecule has 2 heterocycles. The minimum absolute atomic E-state index is 0.0781. The number of hydrogen-bond donors (Lipinski definition) is 1. The summed E-state index contributed by atoms with van der Waals surface area (Å²) in [5.74, 6) is 0.713. The van der Waals surface area contributed by atoms with E-state index in [0.717, 1.165) is 6.42 Å². The van der Waals surface area contributed by atoms with E-state index in [0.29, 0.717) is 43.3 Å². The third-order valence-electron chi connectivity index (χ3n) is 5.12. The number of likely N-dealkylation sites (N-methyl/N-ethyl adjacent to an activating group) is 1. The van der Waals surface area contributed by atoms with Crippen LogP contribution in [0.4, 0.5) is 10.2 Å². The molecule has 0 unspecified atom stereocenters. The molecule has 0 spiro atoms. The monoisotopic (exact) mass is 371 g/mol. The number of amides is 1. The van der Waals surface area contributed by atoms with E-state index >= 15 is 0 Å². The van der Waals surface area contributed by atoms with Gasteiger partial charge in [0, 0.05) is 31.2 Å². The van der Waals surface area contributed by atoms with Crippen LogP contribution in [0.2, 0.25) is 0 Å². The summed E-state index contributed by atoms with van der Waals surface area (Å²) in [5, 5.41) is 0. The first-order valence-electron chi connectivity index (χ1n) is 9.24. The number of hydrogen-bond acceptors (Lipinski definition) is 5. The zero-order valence-corrected chi connectivity index (χ0v) is 15.8. The van der Waals surface area contributed by atoms with Gasteiger partial charge in [0.15, 0.2) is 0 Å². The molecule has 27 heavy (non-hydrogen) atoms. The van der Waals surface area contributed by atoms with Crippen molar-refractivity contribution in [3.63, 3.8) is 0 Å². The molecule has 1 aliphatic heterocycles. The van der Waals surface area contributed by atoms with E-state index < -0.39 is 0 Å². The highest BCUT2D eigenvalue weighted by atomic mass is 19.1. The first-order chi connectivity index (χ1) is 12.9. The second-order valence-electron chi connectivity index (χ2n) is 7.24. The Morgan fingerprint density at radius 1 is 1.41 bits per heavy atom. The van der Waals surface area contributed by atoms with E-state index in [4.69, 9.17) is 5.73 Å². The van der Waals surface area contributed by atoms with Gasteiger partial charge in [-0.25, -0.2) is 14.4 Å². The SMILES string of the molecule is C[C@H](Cc1ccccc1F)C(=O)N1CC[C@@H](N(C)Cc2nccc(N)n2)C1. The van der Waals surface area contributed by atoms with Crippen LogP contribution in [-0.4, -0.2) is 51.9 Å². The van der Waals surface area contributed by atoms with E-state index in [-0.39, 0.29) is 23.7 Å². The van der Waals surface area contributed by atoms with Crippen molar-refractivity contribution >= 4 is 11.7 Å². The fraction of sp³-hybridized carbons (Fsp3) is 0.450. The van der Waals surface area contributed by atoms with Crippen molar-refractivity contribution in [2.45, 2.75) is 32.4 Å². The summed E-state index contributed by atoms with van der Waals surface area (Å²) >= 11 is 0. The van der Waals surface area contributed by atoms with E-state index in [1.54, 1.807) is 30.5 Å². The molecule has 2 aromatic rings. The van der Waals surface area contributed by atoms with E-state index in [9.17, 15) is 9.18 Å². The molecule has 0 radical (unpaired) electrons. The Hall–Kier alpha value is -2.54. The fourth-order valence-electron chi connectivity index (χ4n) is 3.54. The van der Waals surface area contributed by atoms with Crippen LogP contribution in [0.1, 0.15) is 24.7 Å². The number of likely N-dealkylation sites (tertiary alicyclic amines) is 1. The van der Waals surface area contributed by atoms with Crippen LogP contribution >= 0.6 is 0 Å². The molecule has 1 fully saturated rings. The number of carbonyl (C=O) groups excluding carboxylic acids is 1. The Balaban J connectivity index is 1.55. The number of aromatic nitrogens is 2. The summed E-state index contributed by atoms with van der Waals surface area (Å²) in [6.07, 6.45) is 2.97. The fourth-order valence-corrected chi connectivity index (χ4v) is 3.54. The summed E-state index contributed by atoms with van der Waals surface area (Å²) in [6.45, 7) is 3.83. The predicted molar refractivity (Wildman–Crippen MR) is 102 cm³/mol. The van der Waals surface area contributed by atoms with Gasteiger partial charge in [0.05, 0.1) is 6.54 Å². The number of anilines is 1. The first kappa shape index (κ1) is 19.2. The van der Waals surface area contributed by atoms with Gasteiger partial charge in [-0.15, -0.1) is 0 Å². The van der Waals surface area contributed by atoms with Gasteiger partial charge in [-0.1, -0.05) is 25.1 Å². The van der Waals surface area contributed by atoms with Crippen LogP contribution < -0.4 is 5.73 Å². The van der Waals surface area contributed by atoms with Crippen molar-refractivity contribution in [2.24, 2.45) is 5.92 Å². The van der Waals surface area contributed by atoms with Gasteiger partial charge in [0.25, 0.3) is 0 Å². The largest absolute Gasteiger partial charge is 0.384 e. The molecule has 1 aromatic heterocycles. The van der Waals surface area contributed by atoms with Crippen LogP contribution in [0.25, 0.3) is 0 Å². The van der Waals surface area contributed by atoms with E-state index in [1.165, 1.54) is 6.07 Å². The Labute approximate surface area is 159 Å². The number of halogens is 1. The summed E-state index contributed by atoms with van der Waals surface area (Å²) < 4.78 is 13.8. The van der Waals surface area contributed by atoms with Gasteiger partial charge in [0.2, 0.25) is 5.91 Å². The number of benzene rings is 1. The van der Waals surface area contributed by atoms with Crippen molar-refractivity contribution in [3.05, 3.63) is 53.7 Å². The Morgan fingerprint density at radius 3 is 2.93 bits per heavy atom. The Morgan fingerprint density at radius 2 is 2.19 bits per heavy atom. The van der Waals surface area contributed by atoms with Crippen molar-refractivity contribution in [1.82, 2.24) is 19.8 Å². The van der Waals surface area contributed by atoms with Crippen LogP contribution in [0.3, 0.4) is 0 Å². The molecule has 1 aliphatic rings. The zero-order chi connectivity index (χ0) is 19.4. The molecular weight excluding hydrogens is 345 g/mol. The summed E-state index contributed by atoms with van der Waals surface area (Å²) in [5.41, 5.74) is 6.30. The molecule has 2 N–H and O–H groups in total. The highest BCUT2D eigenvalue weighted by Crippen LogP contribution is 2.20. The average Bonchev–Trinajstić information content (AvgIpc) is 3.13. The summed E-state index contributed by atoms with van der Waals surface area (Å²) in [7, 11) is 2.01. The van der Waals surface area contributed by atoms with E-state index in [1.807, 2.05) is 18.9 Å². The molecule has 1 amide bonds. The second-order valence-corrected chi connectivity index (χ2v) is 7.24. The molecule has 1 aromatic carbocycles. The third kappa shape index (κ3) is 4.80. The maximum Gasteiger partial charge on any atom is 0.225 e. The Kier molecular flexibility index (Phi) is 6.01. The number of rotatable bonds is 6. The quantitative estimate of drug-likeness (QED) is 0.842. The third-order valence-corrected chi connectivity index (χ3v) is 5.12. The van der Waals surface area contributed by atoms with Crippen molar-refractivity contribution < 1.29 is 9.18 Å². The Bertz CT molecular complexity index is 799. The van der Waals surface area contributed by atoms with Gasteiger partial charge < -0.3 is 10.6 Å². The molecule has 0 aliphatic carbocycles. The van der Waals surface area contributed by atoms with Crippen molar-refractivity contribution in [1.29, 1.82) is 0 Å². The number of carbonyl (C=O) groups is 1. The lowest BCUT2D eigenvalue weighted by atomic mass is 9.99. The van der Waals surface area contributed by atoms with E-state index in [2.05, 4.69) is 14.9 Å². The lowest BCUT2D eigenvalue weighted by Crippen LogP contribution is -2.38. The van der Waals surface area contributed by atoms with Crippen LogP contribution in [0, 0.1) is 11.7 Å². The maximum atomic E-state index is 13.8. The van der Waals surface area contributed by atoms with Gasteiger partial charge in [-0.2, -0.15) is 0 Å². The topological polar surface area (TPSA) is 75.4 Å². The minimum atomic E-state index is -0.252. The predicted octanol–water partition coefficient (Wildman–Crippen LogP) is 2.11. The number of nitrogens with zero attached hydrogens (tertiary/aromatic N) is 4. The standard InChI is InChI=1S/C20H26FN5O/c1-14(11-15-5-3-4-6-17(15)21)20(27)26-10-8-16(12-26)25(2)13-19-23-9-7-18(22)24-19/h3-7,9,14,16H,8,10-13H2,1-2H3,(H2,22,23,24)/t14-,16-/m1/s1. The van der Waals surface area contributed by atoms with Gasteiger partial charge >= 0.3 is 0 Å². The summed E-state index contributed by atoms with van der Waals surface area (Å²) in [6, 6.07) is 8.55. The van der Waals surface area contributed by atoms with Crippen molar-refractivity contribution in [3.8, 4) is 0 Å². The molecular formula is C20H26FN5O. The maximum absolute atomic E-state index is 13.8. The van der Waals surface area contributed by atoms with Crippen molar-refractivity contribution in [2.75, 3.05) is 25.9 Å². The highest BCUT2D eigenvalue weighted by Gasteiger charge is 2.31. The number of nitrogen functional groups attached to an aromatic ring is 1. The van der Waals surface area contributed by atoms with Crippen LogP contribution in [-0.2, 0) is 17.8 Å². The molecule has 1 saturated heterocycles. The highest BCUT2D eigenvalue weighted by molar-refractivity contribution is 5.79. The van der Waals surface area contributed by atoms with Gasteiger partial charge in [-0.05, 0) is 37.6 Å². The van der Waals surface area contributed by atoms with Crippen LogP contribution in [0.5, 0.6) is 0 Å². The zero-order valence-electron chi connectivity index (χ0n) is 15.8. The van der Waals surface area contributed by atoms with Gasteiger partial charge in [0.1, 0.15) is 17.5 Å². The first-order valence-corrected chi connectivity index (χ1v) is 9.24. The molecule has 0 saturated carbocycles. The number of nitrogens with two attached hydrogens (primary N) is 1. The lowest BCUT2D eigenvalue weighted by Gasteiger charge is -2.25. The minimum Gasteiger partial charge on any atom is -0.384 e. The molecule has 7 heteroatoms. The molecule has 0 bridgehead atoms. The molecule has 6 nitrogen and oxygen atoms in total. The average molecular weight is 371 g/mol. The molecule has 144 valence electrons. The smallest absolute Gasteiger partial charge is 0.225 e. The molecule has 2 atom stereocenters. The second kappa shape index (κ2) is 8.43. The molecule has 3 rings (SSSR count). The lowest BCUT2D eigenvalue weighted by molar-refractivity contribution is -0.134. The van der Waals surface area contributed by atoms with Gasteiger partial charge in [-0.3, -0.25) is 9.69 Å².